The lowest BCUT2D eigenvalue weighted by Gasteiger charge is -2.37. The van der Waals surface area contributed by atoms with Crippen molar-refractivity contribution < 1.29 is 13.2 Å². The van der Waals surface area contributed by atoms with Crippen molar-refractivity contribution in [3.05, 3.63) is 87.1 Å². The fourth-order valence-electron chi connectivity index (χ4n) is 4.98. The van der Waals surface area contributed by atoms with Gasteiger partial charge in [-0.1, -0.05) is 41.9 Å². The SMILES string of the molecule is O=C(CN1CCc2sccc2C1c1ccccc1)N1CCCN(S(=O)(=O)c2ccc(Cl)cc2)CC1. The molecule has 1 saturated heterocycles. The highest BCUT2D eigenvalue weighted by Crippen LogP contribution is 2.37. The van der Waals surface area contributed by atoms with Crippen LogP contribution >= 0.6 is 22.9 Å². The fourth-order valence-corrected chi connectivity index (χ4v) is 7.48. The second-order valence-corrected chi connectivity index (χ2v) is 12.3. The van der Waals surface area contributed by atoms with Crippen LogP contribution in [0.25, 0.3) is 0 Å². The Balaban J connectivity index is 1.28. The predicted octanol–water partition coefficient (Wildman–Crippen LogP) is 4.27. The molecule has 1 aromatic heterocycles. The molecule has 9 heteroatoms. The van der Waals surface area contributed by atoms with Crippen LogP contribution in [0.5, 0.6) is 0 Å². The highest BCUT2D eigenvalue weighted by atomic mass is 35.5. The number of sulfonamides is 1. The van der Waals surface area contributed by atoms with E-state index in [1.165, 1.54) is 32.4 Å². The Morgan fingerprint density at radius 1 is 0.943 bits per heavy atom. The van der Waals surface area contributed by atoms with Gasteiger partial charge in [-0.15, -0.1) is 11.3 Å². The van der Waals surface area contributed by atoms with Crippen molar-refractivity contribution in [1.82, 2.24) is 14.1 Å². The molecule has 0 aliphatic carbocycles. The lowest BCUT2D eigenvalue weighted by molar-refractivity contribution is -0.132. The van der Waals surface area contributed by atoms with Gasteiger partial charge < -0.3 is 4.90 Å². The number of halogens is 1. The van der Waals surface area contributed by atoms with Gasteiger partial charge in [0, 0.05) is 42.6 Å². The van der Waals surface area contributed by atoms with E-state index in [1.807, 2.05) is 23.1 Å². The number of thiophene rings is 1. The molecule has 3 heterocycles. The number of fused-ring (bicyclic) bond motifs is 1. The molecule has 0 radical (unpaired) electrons. The number of hydrogen-bond acceptors (Lipinski definition) is 5. The van der Waals surface area contributed by atoms with E-state index in [2.05, 4.69) is 28.5 Å². The Hall–Kier alpha value is -2.23. The minimum atomic E-state index is -3.62. The number of carbonyl (C=O) groups excluding carboxylic acids is 1. The Labute approximate surface area is 215 Å². The molecule has 35 heavy (non-hydrogen) atoms. The standard InChI is InChI=1S/C26H28ClN3O3S2/c27-21-7-9-22(10-8-21)35(32,33)30-14-4-13-28(16-17-30)25(31)19-29-15-11-24-23(12-18-34-24)26(29)20-5-2-1-3-6-20/h1-3,5-10,12,18,26H,4,11,13-17,19H2. The molecule has 2 aliphatic heterocycles. The Kier molecular flexibility index (Phi) is 7.27. The molecule has 2 aliphatic rings. The Bertz CT molecular complexity index is 1280. The first-order chi connectivity index (χ1) is 16.9. The molecular weight excluding hydrogens is 502 g/mol. The summed E-state index contributed by atoms with van der Waals surface area (Å²) in [6.45, 7) is 2.76. The zero-order valence-electron chi connectivity index (χ0n) is 19.3. The summed E-state index contributed by atoms with van der Waals surface area (Å²) in [6.07, 6.45) is 1.55. The molecule has 1 amide bonds. The van der Waals surface area contributed by atoms with Crippen molar-refractivity contribution in [3.8, 4) is 0 Å². The second kappa shape index (κ2) is 10.4. The number of carbonyl (C=O) groups is 1. The van der Waals surface area contributed by atoms with E-state index in [9.17, 15) is 13.2 Å². The van der Waals surface area contributed by atoms with Crippen molar-refractivity contribution in [2.75, 3.05) is 39.3 Å². The third-order valence-corrected chi connectivity index (χ3v) is 9.94. The average Bonchev–Trinajstić information content (AvgIpc) is 3.19. The van der Waals surface area contributed by atoms with Gasteiger partial charge >= 0.3 is 0 Å². The van der Waals surface area contributed by atoms with Gasteiger partial charge in [-0.2, -0.15) is 4.31 Å². The molecule has 1 atom stereocenters. The molecule has 0 spiro atoms. The maximum Gasteiger partial charge on any atom is 0.243 e. The zero-order valence-corrected chi connectivity index (χ0v) is 21.7. The van der Waals surface area contributed by atoms with Gasteiger partial charge in [-0.25, -0.2) is 8.42 Å². The summed E-state index contributed by atoms with van der Waals surface area (Å²) in [5, 5.41) is 2.63. The molecule has 5 rings (SSSR count). The van der Waals surface area contributed by atoms with Gasteiger partial charge in [0.1, 0.15) is 0 Å². The third kappa shape index (κ3) is 5.17. The largest absolute Gasteiger partial charge is 0.340 e. The number of benzene rings is 2. The van der Waals surface area contributed by atoms with E-state index in [0.717, 1.165) is 13.0 Å². The van der Waals surface area contributed by atoms with Crippen LogP contribution in [-0.4, -0.2) is 67.7 Å². The number of amides is 1. The zero-order chi connectivity index (χ0) is 24.4. The van der Waals surface area contributed by atoms with E-state index in [1.54, 1.807) is 23.5 Å². The van der Waals surface area contributed by atoms with Gasteiger partial charge in [0.25, 0.3) is 0 Å². The van der Waals surface area contributed by atoms with Gasteiger partial charge in [0.05, 0.1) is 17.5 Å². The first kappa shape index (κ1) is 24.5. The quantitative estimate of drug-likeness (QED) is 0.495. The van der Waals surface area contributed by atoms with Gasteiger partial charge in [-0.3, -0.25) is 9.69 Å². The highest BCUT2D eigenvalue weighted by molar-refractivity contribution is 7.89. The summed E-state index contributed by atoms with van der Waals surface area (Å²) in [5.74, 6) is 0.0513. The van der Waals surface area contributed by atoms with Crippen molar-refractivity contribution in [2.45, 2.75) is 23.8 Å². The van der Waals surface area contributed by atoms with Gasteiger partial charge in [0.15, 0.2) is 0 Å². The van der Waals surface area contributed by atoms with Crippen LogP contribution < -0.4 is 0 Å². The Morgan fingerprint density at radius 3 is 2.49 bits per heavy atom. The van der Waals surface area contributed by atoms with Crippen LogP contribution in [-0.2, 0) is 21.2 Å². The molecule has 6 nitrogen and oxygen atoms in total. The number of nitrogens with zero attached hydrogens (tertiary/aromatic N) is 3. The van der Waals surface area contributed by atoms with Crippen molar-refractivity contribution in [1.29, 1.82) is 0 Å². The molecule has 2 aromatic carbocycles. The van der Waals surface area contributed by atoms with E-state index >= 15 is 0 Å². The summed E-state index contributed by atoms with van der Waals surface area (Å²) < 4.78 is 27.7. The van der Waals surface area contributed by atoms with Gasteiger partial charge in [-0.05, 0) is 59.7 Å². The fraction of sp³-hybridized carbons (Fsp3) is 0.346. The van der Waals surface area contributed by atoms with Crippen LogP contribution in [0, 0.1) is 0 Å². The topological polar surface area (TPSA) is 60.9 Å². The molecule has 1 unspecified atom stereocenters. The molecule has 1 fully saturated rings. The number of hydrogen-bond donors (Lipinski definition) is 0. The Morgan fingerprint density at radius 2 is 1.71 bits per heavy atom. The molecule has 3 aromatic rings. The van der Waals surface area contributed by atoms with E-state index in [4.69, 9.17) is 11.6 Å². The lowest BCUT2D eigenvalue weighted by Crippen LogP contribution is -2.45. The summed E-state index contributed by atoms with van der Waals surface area (Å²) in [4.78, 5) is 19.1. The smallest absolute Gasteiger partial charge is 0.243 e. The van der Waals surface area contributed by atoms with Crippen LogP contribution in [0.3, 0.4) is 0 Å². The number of rotatable bonds is 5. The summed E-state index contributed by atoms with van der Waals surface area (Å²) in [5.41, 5.74) is 2.48. The normalized spacial score (nSPS) is 19.8. The maximum absolute atomic E-state index is 13.4. The van der Waals surface area contributed by atoms with E-state index < -0.39 is 10.0 Å². The highest BCUT2D eigenvalue weighted by Gasteiger charge is 2.33. The molecule has 0 N–H and O–H groups in total. The molecular formula is C26H28ClN3O3S2. The van der Waals surface area contributed by atoms with Gasteiger partial charge in [0.2, 0.25) is 15.9 Å². The van der Waals surface area contributed by atoms with Crippen LogP contribution in [0.2, 0.25) is 5.02 Å². The lowest BCUT2D eigenvalue weighted by atomic mass is 9.93. The minimum absolute atomic E-state index is 0.0513. The van der Waals surface area contributed by atoms with E-state index in [-0.39, 0.29) is 23.4 Å². The second-order valence-electron chi connectivity index (χ2n) is 8.93. The van der Waals surface area contributed by atoms with Crippen molar-refractivity contribution in [2.24, 2.45) is 0 Å². The summed E-state index contributed by atoms with van der Waals surface area (Å²) >= 11 is 7.71. The summed E-state index contributed by atoms with van der Waals surface area (Å²) in [7, 11) is -3.62. The first-order valence-electron chi connectivity index (χ1n) is 11.8. The maximum atomic E-state index is 13.4. The molecule has 0 bridgehead atoms. The van der Waals surface area contributed by atoms with Crippen molar-refractivity contribution >= 4 is 38.9 Å². The summed E-state index contributed by atoms with van der Waals surface area (Å²) in [6, 6.07) is 18.8. The van der Waals surface area contributed by atoms with E-state index in [0.29, 0.717) is 37.6 Å². The first-order valence-corrected chi connectivity index (χ1v) is 14.5. The van der Waals surface area contributed by atoms with Crippen molar-refractivity contribution in [3.63, 3.8) is 0 Å². The van der Waals surface area contributed by atoms with Crippen LogP contribution in [0.15, 0.2) is 70.9 Å². The molecule has 184 valence electrons. The average molecular weight is 530 g/mol. The third-order valence-electron chi connectivity index (χ3n) is 6.78. The molecule has 0 saturated carbocycles. The van der Waals surface area contributed by atoms with Crippen LogP contribution in [0.4, 0.5) is 0 Å². The van der Waals surface area contributed by atoms with Crippen LogP contribution in [0.1, 0.15) is 28.5 Å². The predicted molar refractivity (Wildman–Crippen MR) is 139 cm³/mol. The minimum Gasteiger partial charge on any atom is -0.340 e. The monoisotopic (exact) mass is 529 g/mol.